The highest BCUT2D eigenvalue weighted by atomic mass is 16.1. The summed E-state index contributed by atoms with van der Waals surface area (Å²) >= 11 is 0. The Bertz CT molecular complexity index is 243. The van der Waals surface area contributed by atoms with Crippen LogP contribution in [0.15, 0.2) is 0 Å². The van der Waals surface area contributed by atoms with E-state index in [0.29, 0.717) is 5.41 Å². The van der Waals surface area contributed by atoms with Gasteiger partial charge in [-0.05, 0) is 44.2 Å². The molecule has 1 saturated heterocycles. The van der Waals surface area contributed by atoms with Crippen molar-refractivity contribution in [3.8, 4) is 0 Å². The van der Waals surface area contributed by atoms with E-state index in [1.54, 1.807) is 0 Å². The molecule has 2 fully saturated rings. The van der Waals surface area contributed by atoms with Crippen LogP contribution < -0.4 is 0 Å². The van der Waals surface area contributed by atoms with Crippen molar-refractivity contribution in [3.63, 3.8) is 0 Å². The van der Waals surface area contributed by atoms with Crippen LogP contribution in [0.1, 0.15) is 52.4 Å². The van der Waals surface area contributed by atoms with Gasteiger partial charge in [0.15, 0.2) is 0 Å². The first kappa shape index (κ1) is 12.1. The minimum atomic E-state index is 0.0154. The first-order chi connectivity index (χ1) is 7.55. The molecule has 0 atom stereocenters. The minimum Gasteiger partial charge on any atom is -0.303 e. The Morgan fingerprint density at radius 2 is 1.62 bits per heavy atom. The van der Waals surface area contributed by atoms with E-state index >= 15 is 0 Å². The lowest BCUT2D eigenvalue weighted by Crippen LogP contribution is -2.43. The second-order valence-corrected chi connectivity index (χ2v) is 6.63. The highest BCUT2D eigenvalue weighted by Crippen LogP contribution is 2.38. The minimum absolute atomic E-state index is 0.0154. The number of hydrogen-bond acceptors (Lipinski definition) is 2. The van der Waals surface area contributed by atoms with Gasteiger partial charge < -0.3 is 9.69 Å². The quantitative estimate of drug-likeness (QED) is 0.686. The van der Waals surface area contributed by atoms with Crippen molar-refractivity contribution in [2.45, 2.75) is 52.4 Å². The normalized spacial score (nSPS) is 29.1. The molecule has 2 aliphatic rings. The summed E-state index contributed by atoms with van der Waals surface area (Å²) < 4.78 is 0. The number of carbonyl (C=O) groups excluding carboxylic acids is 1. The van der Waals surface area contributed by atoms with E-state index in [1.165, 1.54) is 45.1 Å². The Balaban J connectivity index is 1.88. The van der Waals surface area contributed by atoms with Crippen LogP contribution in [-0.4, -0.2) is 30.8 Å². The molecule has 16 heavy (non-hydrogen) atoms. The number of rotatable bonds is 3. The van der Waals surface area contributed by atoms with Gasteiger partial charge in [-0.25, -0.2) is 0 Å². The molecule has 92 valence electrons. The van der Waals surface area contributed by atoms with E-state index in [2.05, 4.69) is 18.7 Å². The van der Waals surface area contributed by atoms with E-state index in [0.717, 1.165) is 19.4 Å². The first-order valence-electron chi connectivity index (χ1n) is 6.74. The van der Waals surface area contributed by atoms with Gasteiger partial charge in [0.1, 0.15) is 6.29 Å². The Morgan fingerprint density at radius 1 is 1.06 bits per heavy atom. The average Bonchev–Trinajstić information content (AvgIpc) is 2.71. The molecule has 0 bridgehead atoms. The second-order valence-electron chi connectivity index (χ2n) is 6.63. The van der Waals surface area contributed by atoms with Gasteiger partial charge in [0.2, 0.25) is 0 Å². The Labute approximate surface area is 99.4 Å². The van der Waals surface area contributed by atoms with Crippen molar-refractivity contribution in [2.24, 2.45) is 10.8 Å². The van der Waals surface area contributed by atoms with Crippen molar-refractivity contribution in [1.29, 1.82) is 0 Å². The maximum atomic E-state index is 11.3. The van der Waals surface area contributed by atoms with Gasteiger partial charge in [0.05, 0.1) is 0 Å². The molecule has 0 unspecified atom stereocenters. The summed E-state index contributed by atoms with van der Waals surface area (Å²) in [5, 5.41) is 0. The first-order valence-corrected chi connectivity index (χ1v) is 6.74. The average molecular weight is 223 g/mol. The summed E-state index contributed by atoms with van der Waals surface area (Å²) in [4.78, 5) is 13.8. The highest BCUT2D eigenvalue weighted by molar-refractivity contribution is 5.60. The molecule has 2 heteroatoms. The topological polar surface area (TPSA) is 20.3 Å². The molecular weight excluding hydrogens is 198 g/mol. The summed E-state index contributed by atoms with van der Waals surface area (Å²) in [6.45, 7) is 8.10. The molecule has 1 saturated carbocycles. The van der Waals surface area contributed by atoms with Gasteiger partial charge >= 0.3 is 0 Å². The lowest BCUT2D eigenvalue weighted by Gasteiger charge is -2.40. The number of hydrogen-bond donors (Lipinski definition) is 0. The van der Waals surface area contributed by atoms with Crippen LogP contribution in [0, 0.1) is 10.8 Å². The second kappa shape index (κ2) is 4.48. The molecule has 0 aromatic rings. The molecule has 0 amide bonds. The molecule has 0 aromatic carbocycles. The maximum Gasteiger partial charge on any atom is 0.127 e. The van der Waals surface area contributed by atoms with Gasteiger partial charge in [-0.3, -0.25) is 0 Å². The molecule has 2 nitrogen and oxygen atoms in total. The fourth-order valence-corrected chi connectivity index (χ4v) is 3.15. The zero-order chi connectivity index (χ0) is 11.6. The van der Waals surface area contributed by atoms with E-state index in [1.807, 2.05) is 0 Å². The molecule has 2 rings (SSSR count). The molecule has 0 N–H and O–H groups in total. The molecule has 1 heterocycles. The largest absolute Gasteiger partial charge is 0.303 e. The van der Waals surface area contributed by atoms with E-state index in [4.69, 9.17) is 0 Å². The number of likely N-dealkylation sites (tertiary alicyclic amines) is 1. The fraction of sp³-hybridized carbons (Fsp3) is 0.929. The van der Waals surface area contributed by atoms with Crippen LogP contribution in [-0.2, 0) is 4.79 Å². The predicted molar refractivity (Wildman–Crippen MR) is 66.4 cm³/mol. The number of carbonyl (C=O) groups is 1. The van der Waals surface area contributed by atoms with Crippen LogP contribution in [0.25, 0.3) is 0 Å². The zero-order valence-corrected chi connectivity index (χ0v) is 10.8. The Kier molecular flexibility index (Phi) is 3.39. The van der Waals surface area contributed by atoms with E-state index in [-0.39, 0.29) is 5.41 Å². The monoisotopic (exact) mass is 223 g/mol. The molecule has 1 aliphatic carbocycles. The van der Waals surface area contributed by atoms with Crippen molar-refractivity contribution in [2.75, 3.05) is 19.6 Å². The summed E-state index contributed by atoms with van der Waals surface area (Å²) in [5.74, 6) is 0. The molecule has 0 spiro atoms. The summed E-state index contributed by atoms with van der Waals surface area (Å²) in [6, 6.07) is 0. The van der Waals surface area contributed by atoms with Gasteiger partial charge in [0, 0.05) is 12.0 Å². The van der Waals surface area contributed by atoms with E-state index in [9.17, 15) is 4.79 Å². The highest BCUT2D eigenvalue weighted by Gasteiger charge is 2.36. The molecular formula is C14H25NO. The maximum absolute atomic E-state index is 11.3. The smallest absolute Gasteiger partial charge is 0.127 e. The summed E-state index contributed by atoms with van der Waals surface area (Å²) in [7, 11) is 0. The molecule has 0 aromatic heterocycles. The van der Waals surface area contributed by atoms with Crippen molar-refractivity contribution >= 4 is 6.29 Å². The van der Waals surface area contributed by atoms with Crippen molar-refractivity contribution in [1.82, 2.24) is 4.90 Å². The third-order valence-electron chi connectivity index (χ3n) is 4.60. The third-order valence-corrected chi connectivity index (χ3v) is 4.60. The lowest BCUT2D eigenvalue weighted by molar-refractivity contribution is -0.117. The van der Waals surface area contributed by atoms with Crippen LogP contribution in [0.4, 0.5) is 0 Å². The van der Waals surface area contributed by atoms with Crippen LogP contribution in [0.2, 0.25) is 0 Å². The van der Waals surface area contributed by atoms with Gasteiger partial charge in [-0.15, -0.1) is 0 Å². The van der Waals surface area contributed by atoms with E-state index < -0.39 is 0 Å². The van der Waals surface area contributed by atoms with Crippen LogP contribution in [0.3, 0.4) is 0 Å². The van der Waals surface area contributed by atoms with Gasteiger partial charge in [0.25, 0.3) is 0 Å². The van der Waals surface area contributed by atoms with Crippen LogP contribution >= 0.6 is 0 Å². The van der Waals surface area contributed by atoms with Crippen LogP contribution in [0.5, 0.6) is 0 Å². The molecule has 1 aliphatic heterocycles. The SMILES string of the molecule is CC1(C)CCN(CC2(C=O)CCCC2)CC1. The van der Waals surface area contributed by atoms with Gasteiger partial charge in [-0.2, -0.15) is 0 Å². The Morgan fingerprint density at radius 3 is 2.12 bits per heavy atom. The summed E-state index contributed by atoms with van der Waals surface area (Å²) in [5.41, 5.74) is 0.530. The van der Waals surface area contributed by atoms with Gasteiger partial charge in [-0.1, -0.05) is 26.7 Å². The third kappa shape index (κ3) is 2.65. The van der Waals surface area contributed by atoms with Crippen molar-refractivity contribution in [3.05, 3.63) is 0 Å². The predicted octanol–water partition coefficient (Wildman–Crippen LogP) is 2.87. The standard InChI is InChI=1S/C14H25NO/c1-13(2)7-9-15(10-8-13)11-14(12-16)5-3-4-6-14/h12H,3-11H2,1-2H3. The number of nitrogens with zero attached hydrogens (tertiary/aromatic N) is 1. The fourth-order valence-electron chi connectivity index (χ4n) is 3.15. The number of piperidine rings is 1. The number of aldehydes is 1. The Hall–Kier alpha value is -0.370. The summed E-state index contributed by atoms with van der Waals surface area (Å²) in [6.07, 6.45) is 8.55. The van der Waals surface area contributed by atoms with Crippen molar-refractivity contribution < 1.29 is 4.79 Å². The molecule has 0 radical (unpaired) electrons. The lowest BCUT2D eigenvalue weighted by atomic mass is 9.81. The zero-order valence-electron chi connectivity index (χ0n) is 10.8.